The van der Waals surface area contributed by atoms with Gasteiger partial charge in [-0.2, -0.15) is 10.1 Å². The molecule has 228 valence electrons. The average Bonchev–Trinajstić information content (AvgIpc) is 3.56. The summed E-state index contributed by atoms with van der Waals surface area (Å²) < 4.78 is 5.54. The Kier molecular flexibility index (Phi) is 8.45. The molecule has 0 bridgehead atoms. The Labute approximate surface area is 259 Å². The Morgan fingerprint density at radius 3 is 2.63 bits per heavy atom. The number of rotatable bonds is 6. The summed E-state index contributed by atoms with van der Waals surface area (Å²) in [6.45, 7) is 9.68. The number of ether oxygens (including phenoxy) is 1. The van der Waals surface area contributed by atoms with Crippen LogP contribution in [0, 0.1) is 0 Å². The normalized spacial score (nSPS) is 16.7. The van der Waals surface area contributed by atoms with Gasteiger partial charge in [0.05, 0.1) is 30.0 Å². The molecule has 12 heteroatoms. The molecular formula is C31H36ClN5O5S. The lowest BCUT2D eigenvalue weighted by Crippen LogP contribution is -2.57. The molecule has 0 radical (unpaired) electrons. The number of hydrogen-bond donors (Lipinski definition) is 4. The maximum absolute atomic E-state index is 12.8. The van der Waals surface area contributed by atoms with E-state index in [-0.39, 0.29) is 12.5 Å². The number of aliphatic hydroxyl groups excluding tert-OH is 1. The minimum atomic E-state index is -1.05. The van der Waals surface area contributed by atoms with Crippen molar-refractivity contribution in [1.82, 2.24) is 20.1 Å². The monoisotopic (exact) mass is 625 g/mol. The average molecular weight is 626 g/mol. The summed E-state index contributed by atoms with van der Waals surface area (Å²) in [6, 6.07) is 10.7. The lowest BCUT2D eigenvalue weighted by Gasteiger charge is -2.40. The molecule has 0 spiro atoms. The molecule has 3 heterocycles. The van der Waals surface area contributed by atoms with Crippen LogP contribution in [0.15, 0.2) is 42.6 Å². The second-order valence-corrected chi connectivity index (χ2v) is 13.5. The van der Waals surface area contributed by atoms with E-state index in [1.807, 2.05) is 41.3 Å². The van der Waals surface area contributed by atoms with Crippen molar-refractivity contribution in [1.29, 1.82) is 0 Å². The molecule has 1 atom stereocenters. The minimum absolute atomic E-state index is 0.141. The van der Waals surface area contributed by atoms with E-state index in [4.69, 9.17) is 16.3 Å². The second-order valence-electron chi connectivity index (χ2n) is 12.1. The van der Waals surface area contributed by atoms with Gasteiger partial charge >= 0.3 is 6.09 Å². The van der Waals surface area contributed by atoms with Gasteiger partial charge in [0.25, 0.3) is 0 Å². The first-order valence-electron chi connectivity index (χ1n) is 14.0. The van der Waals surface area contributed by atoms with Crippen LogP contribution in [0.3, 0.4) is 0 Å². The zero-order valence-corrected chi connectivity index (χ0v) is 26.3. The van der Waals surface area contributed by atoms with E-state index in [0.29, 0.717) is 51.4 Å². The number of aromatic hydroxyl groups is 1. The fraction of sp³-hybridized carbons (Fsp3) is 0.387. The number of halogens is 1. The van der Waals surface area contributed by atoms with Crippen molar-refractivity contribution >= 4 is 56.7 Å². The summed E-state index contributed by atoms with van der Waals surface area (Å²) in [7, 11) is 0. The topological polar surface area (TPSA) is 135 Å². The van der Waals surface area contributed by atoms with Crippen LogP contribution in [0.2, 0.25) is 5.02 Å². The summed E-state index contributed by atoms with van der Waals surface area (Å²) in [5, 5.41) is 40.7. The van der Waals surface area contributed by atoms with Crippen molar-refractivity contribution in [2.24, 2.45) is 0 Å². The van der Waals surface area contributed by atoms with Crippen LogP contribution in [0.4, 0.5) is 9.93 Å². The minimum Gasteiger partial charge on any atom is -0.492 e. The molecule has 10 nitrogen and oxygen atoms in total. The van der Waals surface area contributed by atoms with Crippen molar-refractivity contribution in [3.05, 3.63) is 69.2 Å². The highest BCUT2D eigenvalue weighted by Crippen LogP contribution is 2.41. The molecule has 4 N–H and O–H groups in total. The van der Waals surface area contributed by atoms with Crippen LogP contribution in [-0.4, -0.2) is 79.4 Å². The largest absolute Gasteiger partial charge is 0.492 e. The first-order valence-corrected chi connectivity index (χ1v) is 15.2. The number of fused-ring (bicyclic) bond motifs is 1. The zero-order chi connectivity index (χ0) is 31.1. The van der Waals surface area contributed by atoms with Gasteiger partial charge < -0.3 is 25.0 Å². The van der Waals surface area contributed by atoms with E-state index in [1.165, 1.54) is 11.3 Å². The number of thiazole rings is 1. The number of aliphatic hydroxyl groups is 2. The van der Waals surface area contributed by atoms with Gasteiger partial charge in [0, 0.05) is 35.6 Å². The van der Waals surface area contributed by atoms with Crippen LogP contribution in [0.25, 0.3) is 22.6 Å². The molecule has 4 aromatic rings. The van der Waals surface area contributed by atoms with E-state index < -0.39 is 23.3 Å². The van der Waals surface area contributed by atoms with Gasteiger partial charge in [-0.05, 0) is 75.6 Å². The number of H-pyrrole nitrogens is 1. The molecule has 1 amide bonds. The molecule has 0 saturated carbocycles. The number of aromatic nitrogens is 3. The number of hydrogen-bond acceptors (Lipinski definition) is 9. The van der Waals surface area contributed by atoms with Crippen LogP contribution in [0.1, 0.15) is 56.2 Å². The molecule has 1 aliphatic rings. The lowest BCUT2D eigenvalue weighted by molar-refractivity contribution is 0.00702. The summed E-state index contributed by atoms with van der Waals surface area (Å²) in [5.41, 5.74) is 2.09. The number of benzene rings is 2. The number of amides is 1. The van der Waals surface area contributed by atoms with E-state index in [1.54, 1.807) is 51.8 Å². The molecule has 1 fully saturated rings. The standard InChI is InChI=1S/C31H36ClN5O5S/c1-30(2,3)42-29(40)37-11-10-36(16-22(37)17-38)28-34-27(39)26(43-28)23(18-7-9-25-20(12-18)15-33-35-25)13-19-6-8-21(14-24(19)32)31(4,5)41/h6-9,12-15,22,38-39,41H,10-11,16-17H2,1-5H3,(H,33,35)/t22-/m1/s1. The Bertz CT molecular complexity index is 1670. The van der Waals surface area contributed by atoms with Gasteiger partial charge in [0.2, 0.25) is 5.88 Å². The van der Waals surface area contributed by atoms with Crippen LogP contribution < -0.4 is 4.90 Å². The molecule has 1 aliphatic heterocycles. The molecule has 2 aromatic carbocycles. The maximum Gasteiger partial charge on any atom is 0.410 e. The number of anilines is 1. The summed E-state index contributed by atoms with van der Waals surface area (Å²) in [4.78, 5) is 21.3. The predicted molar refractivity (Wildman–Crippen MR) is 170 cm³/mol. The van der Waals surface area contributed by atoms with Crippen molar-refractivity contribution in [2.45, 2.75) is 51.9 Å². The van der Waals surface area contributed by atoms with E-state index in [0.717, 1.165) is 16.5 Å². The summed E-state index contributed by atoms with van der Waals surface area (Å²) >= 11 is 8.01. The fourth-order valence-corrected chi connectivity index (χ4v) is 6.20. The molecule has 1 saturated heterocycles. The Morgan fingerprint density at radius 2 is 1.95 bits per heavy atom. The highest BCUT2D eigenvalue weighted by Gasteiger charge is 2.34. The summed E-state index contributed by atoms with van der Waals surface area (Å²) in [6.07, 6.45) is 3.16. The first-order chi connectivity index (χ1) is 20.2. The van der Waals surface area contributed by atoms with Crippen LogP contribution in [-0.2, 0) is 10.3 Å². The molecule has 0 unspecified atom stereocenters. The summed E-state index contributed by atoms with van der Waals surface area (Å²) in [5.74, 6) is -0.141. The van der Waals surface area contributed by atoms with Crippen molar-refractivity contribution in [3.8, 4) is 5.88 Å². The second kappa shape index (κ2) is 11.8. The maximum atomic E-state index is 12.8. The van der Waals surface area contributed by atoms with Gasteiger partial charge in [-0.1, -0.05) is 41.1 Å². The Balaban J connectivity index is 1.51. The number of carbonyl (C=O) groups excluding carboxylic acids is 1. The zero-order valence-electron chi connectivity index (χ0n) is 24.8. The van der Waals surface area contributed by atoms with Crippen molar-refractivity contribution in [3.63, 3.8) is 0 Å². The lowest BCUT2D eigenvalue weighted by atomic mass is 9.95. The van der Waals surface area contributed by atoms with Gasteiger partial charge in [-0.25, -0.2) is 4.79 Å². The Morgan fingerprint density at radius 1 is 1.19 bits per heavy atom. The van der Waals surface area contributed by atoms with Crippen molar-refractivity contribution in [2.75, 3.05) is 31.1 Å². The number of nitrogens with zero attached hydrogens (tertiary/aromatic N) is 4. The third kappa shape index (κ3) is 6.80. The number of carbonyl (C=O) groups is 1. The SMILES string of the molecule is CC(C)(C)OC(=O)N1CCN(c2nc(O)c(C(=Cc3ccc(C(C)(C)O)cc3Cl)c3ccc4[nH]ncc4c3)s2)C[C@@H]1CO. The number of piperazine rings is 1. The number of aromatic amines is 1. The number of nitrogens with one attached hydrogen (secondary N) is 1. The quantitative estimate of drug-likeness (QED) is 0.203. The highest BCUT2D eigenvalue weighted by atomic mass is 35.5. The van der Waals surface area contributed by atoms with Gasteiger partial charge in [0.1, 0.15) is 10.5 Å². The van der Waals surface area contributed by atoms with E-state index >= 15 is 0 Å². The van der Waals surface area contributed by atoms with Gasteiger partial charge in [0.15, 0.2) is 5.13 Å². The van der Waals surface area contributed by atoms with Crippen molar-refractivity contribution < 1.29 is 24.9 Å². The fourth-order valence-electron chi connectivity index (χ4n) is 4.93. The molecular weight excluding hydrogens is 590 g/mol. The van der Waals surface area contributed by atoms with E-state index in [2.05, 4.69) is 15.2 Å². The van der Waals surface area contributed by atoms with Crippen LogP contribution >= 0.6 is 22.9 Å². The molecule has 43 heavy (non-hydrogen) atoms. The first kappa shape index (κ1) is 30.8. The molecule has 2 aromatic heterocycles. The molecule has 5 rings (SSSR count). The van der Waals surface area contributed by atoms with E-state index in [9.17, 15) is 20.1 Å². The molecule has 0 aliphatic carbocycles. The smallest absolute Gasteiger partial charge is 0.410 e. The Hall–Kier alpha value is -3.64. The third-order valence-corrected chi connectivity index (χ3v) is 8.66. The third-order valence-electron chi connectivity index (χ3n) is 7.19. The van der Waals surface area contributed by atoms with Gasteiger partial charge in [-0.15, -0.1) is 0 Å². The van der Waals surface area contributed by atoms with Gasteiger partial charge in [-0.3, -0.25) is 10.00 Å². The predicted octanol–water partition coefficient (Wildman–Crippen LogP) is 5.61. The van der Waals surface area contributed by atoms with Crippen LogP contribution in [0.5, 0.6) is 5.88 Å². The highest BCUT2D eigenvalue weighted by molar-refractivity contribution is 7.17.